The maximum absolute atomic E-state index is 2.53. The van der Waals surface area contributed by atoms with E-state index in [0.717, 1.165) is 69.0 Å². The lowest BCUT2D eigenvalue weighted by Crippen LogP contribution is -2.51. The average molecular weight is 1700 g/mol. The Bertz CT molecular complexity index is 3550. The Hall–Kier alpha value is -2.90. The average Bonchev–Trinajstić information content (AvgIpc) is 1.40. The molecule has 0 N–H and O–H groups in total. The topological polar surface area (TPSA) is 0 Å². The molecule has 0 aliphatic heterocycles. The van der Waals surface area contributed by atoms with Gasteiger partial charge in [-0.3, -0.25) is 0 Å². The van der Waals surface area contributed by atoms with Crippen LogP contribution in [0.1, 0.15) is 476 Å². The van der Waals surface area contributed by atoms with E-state index in [4.69, 9.17) is 0 Å². The van der Waals surface area contributed by atoms with Crippen molar-refractivity contribution >= 4 is 8.07 Å². The van der Waals surface area contributed by atoms with Crippen LogP contribution in [0, 0.1) is 134 Å². The van der Waals surface area contributed by atoms with Crippen molar-refractivity contribution in [2.24, 2.45) is 134 Å². The first-order valence-corrected chi connectivity index (χ1v) is 56.2. The van der Waals surface area contributed by atoms with Crippen LogP contribution in [0.3, 0.4) is 0 Å². The van der Waals surface area contributed by atoms with Gasteiger partial charge in [0.1, 0.15) is 0 Å². The molecule has 696 valence electrons. The first-order chi connectivity index (χ1) is 56.4. The number of rotatable bonds is 1. The molecule has 17 saturated carbocycles. The molecule has 1 heteroatoms. The summed E-state index contributed by atoms with van der Waals surface area (Å²) >= 11 is 0. The lowest BCUT2D eigenvalue weighted by atomic mass is 9.45. The molecule has 4 aromatic rings. The fourth-order valence-corrected chi connectivity index (χ4v) is 29.6. The third-order valence-corrected chi connectivity index (χ3v) is 50.8. The highest BCUT2D eigenvalue weighted by molar-refractivity contribution is 6.78. The fourth-order valence-electron chi connectivity index (χ4n) is 29.6. The van der Waals surface area contributed by atoms with E-state index in [1.165, 1.54) is 256 Å². The Morgan fingerprint density at radius 3 is 0.537 bits per heavy atom. The fraction of sp³-hybridized carbons (Fsp3) is 0.803. The number of hydrogen-bond donors (Lipinski definition) is 0. The summed E-state index contributed by atoms with van der Waals surface area (Å²) in [6.45, 7) is 92.5. The Balaban J connectivity index is 0.000000144. The molecule has 0 nitrogen and oxygen atoms in total. The summed E-state index contributed by atoms with van der Waals surface area (Å²) in [4.78, 5) is 0. The van der Waals surface area contributed by atoms with E-state index >= 15 is 0 Å². The predicted octanol–water partition coefficient (Wildman–Crippen LogP) is 39.3. The second-order valence-electron chi connectivity index (χ2n) is 56.1. The largest absolute Gasteiger partial charge is 0.0692 e. The maximum Gasteiger partial charge on any atom is 0.0496 e. The molecule has 0 saturated heterocycles. The van der Waals surface area contributed by atoms with Gasteiger partial charge in [0.05, 0.1) is 0 Å². The van der Waals surface area contributed by atoms with Crippen LogP contribution in [0.4, 0.5) is 0 Å². The van der Waals surface area contributed by atoms with Crippen molar-refractivity contribution in [3.05, 3.63) is 119 Å². The normalized spacial score (nSPS) is 34.5. The van der Waals surface area contributed by atoms with Crippen molar-refractivity contribution in [2.45, 2.75) is 490 Å². The van der Waals surface area contributed by atoms with Gasteiger partial charge in [0.2, 0.25) is 0 Å². The molecule has 4 aromatic carbocycles. The summed E-state index contributed by atoms with van der Waals surface area (Å²) in [6, 6.07) is 35.4. The van der Waals surface area contributed by atoms with E-state index in [-0.39, 0.29) is 21.7 Å². The van der Waals surface area contributed by atoms with Gasteiger partial charge in [0.25, 0.3) is 0 Å². The molecule has 8 bridgehead atoms. The molecule has 0 amide bonds. The van der Waals surface area contributed by atoms with Crippen molar-refractivity contribution in [3.8, 4) is 22.3 Å². The number of hydrogen-bond acceptors (Lipinski definition) is 0. The Labute approximate surface area is 768 Å². The minimum Gasteiger partial charge on any atom is -0.0692 e. The highest BCUT2D eigenvalue weighted by Gasteiger charge is 2.59. The van der Waals surface area contributed by atoms with Crippen LogP contribution in [0.15, 0.2) is 97.1 Å². The molecule has 19 aliphatic rings. The van der Waals surface area contributed by atoms with Crippen molar-refractivity contribution in [1.29, 1.82) is 0 Å². The smallest absolute Gasteiger partial charge is 0.0496 e. The quantitative estimate of drug-likeness (QED) is 0.167. The van der Waals surface area contributed by atoms with Gasteiger partial charge < -0.3 is 0 Å². The van der Waals surface area contributed by atoms with Gasteiger partial charge in [0, 0.05) is 18.9 Å². The van der Waals surface area contributed by atoms with Crippen LogP contribution in [-0.4, -0.2) is 8.07 Å². The van der Waals surface area contributed by atoms with Crippen molar-refractivity contribution in [1.82, 2.24) is 0 Å². The van der Waals surface area contributed by atoms with Crippen molar-refractivity contribution < 1.29 is 0 Å². The highest BCUT2D eigenvalue weighted by atomic mass is 28.3. The maximum atomic E-state index is 2.53. The van der Waals surface area contributed by atoms with Gasteiger partial charge in [-0.1, -0.05) is 404 Å². The summed E-state index contributed by atoms with van der Waals surface area (Å²) in [5.41, 5.74) is 21.0. The molecular weight excluding hydrogens is 1490 g/mol. The van der Waals surface area contributed by atoms with E-state index in [2.05, 4.69) is 359 Å². The molecule has 0 radical (unpaired) electrons. The zero-order chi connectivity index (χ0) is 91.9. The minimum absolute atomic E-state index is 0.0974. The zero-order valence-electron chi connectivity index (χ0n) is 89.2. The van der Waals surface area contributed by atoms with Gasteiger partial charge in [-0.05, 0) is 350 Å². The van der Waals surface area contributed by atoms with Gasteiger partial charge in [-0.25, -0.2) is 0 Å². The van der Waals surface area contributed by atoms with E-state index in [0.29, 0.717) is 59.2 Å². The minimum atomic E-state index is -0.859. The number of fused-ring (bicyclic) bond motifs is 20. The summed E-state index contributed by atoms with van der Waals surface area (Å²) in [5, 5.41) is 0.576. The summed E-state index contributed by atoms with van der Waals surface area (Å²) in [6.07, 6.45) is 49.2. The molecule has 23 rings (SSSR count). The molecule has 3 atom stereocenters. The second kappa shape index (κ2) is 36.2. The van der Waals surface area contributed by atoms with E-state index in [9.17, 15) is 0 Å². The predicted molar refractivity (Wildman–Crippen MR) is 549 cm³/mol. The SMILES string of the molecule is CC(C)(C)C1(C)c2ccccc2-c2ccccc21.CC(C)(C)C1(C)c2ccccc2-c2ccccc21.CC(C)(C)[Si](C)(C)C.CC1(C)C2CCC(CC2)C1(C)C.CC1(C)C2CCC(CC2)C1(C)C.CC1(C)C2CCC(CC2)C1(C)C.CC1(C)C2CCC(CC2)C1(C)C.CC12CCCC1(C)CCC2.CC[C@@]1(C)CCCC1(C)C.C[C@@]12CCCC[C@]1(C)CCC2. The Morgan fingerprint density at radius 1 is 0.244 bits per heavy atom. The molecule has 17 fully saturated rings. The molecule has 0 unspecified atom stereocenters. The van der Waals surface area contributed by atoms with Crippen LogP contribution in [0.2, 0.25) is 24.7 Å². The molecule has 19 aliphatic carbocycles. The second-order valence-corrected chi connectivity index (χ2v) is 62.1. The van der Waals surface area contributed by atoms with Crippen molar-refractivity contribution in [2.75, 3.05) is 0 Å². The third-order valence-electron chi connectivity index (χ3n) is 46.3. The lowest BCUT2D eigenvalue weighted by Gasteiger charge is -2.60. The van der Waals surface area contributed by atoms with E-state index in [1.54, 1.807) is 0 Å². The van der Waals surface area contributed by atoms with Crippen molar-refractivity contribution in [3.63, 3.8) is 0 Å². The highest BCUT2D eigenvalue weighted by Crippen LogP contribution is 2.69. The zero-order valence-corrected chi connectivity index (χ0v) is 90.2. The molecule has 0 aromatic heterocycles. The van der Waals surface area contributed by atoms with E-state index < -0.39 is 8.07 Å². The Kier molecular flexibility index (Phi) is 30.1. The van der Waals surface area contributed by atoms with Gasteiger partial charge in [0.15, 0.2) is 0 Å². The standard InChI is InChI=1S/2C18H20.4C12H22.C11H20.C10H18.C10H20.C7H18Si/c2*1-17(2,3)18(4)15-11-7-5-9-13(15)14-10-6-8-12-16(14)18;4*1-11(2)9-5-7-10(8-6-9)12(11,3)4;1-10-6-3-4-7-11(10,2)9-5-8-10;1-9-5-3-7-10(9,2)8-4-6-9;1-5-10(4)8-6-7-9(10,2)3;1-7(2,3)8(4,5)6/h2*5-12H,1-4H3;4*9-10H,5-8H2,1-4H3;3-9H2,1-2H3;3-8H2,1-2H3;5-8H2,1-4H3;1-6H3/t;;;;;;10-,11+;;10-;/m........0./s1. The van der Waals surface area contributed by atoms with Gasteiger partial charge in [-0.15, -0.1) is 0 Å². The van der Waals surface area contributed by atoms with Gasteiger partial charge in [-0.2, -0.15) is 0 Å². The first kappa shape index (κ1) is 102. The monoisotopic (exact) mass is 1700 g/mol. The molecule has 0 spiro atoms. The summed E-state index contributed by atoms with van der Waals surface area (Å²) in [7, 11) is -0.859. The summed E-state index contributed by atoms with van der Waals surface area (Å²) in [5.74, 6) is 8.09. The van der Waals surface area contributed by atoms with Crippen LogP contribution in [0.5, 0.6) is 0 Å². The Morgan fingerprint density at radius 2 is 0.407 bits per heavy atom. The van der Waals surface area contributed by atoms with Crippen LogP contribution in [0.25, 0.3) is 22.3 Å². The summed E-state index contributed by atoms with van der Waals surface area (Å²) < 4.78 is 0. The van der Waals surface area contributed by atoms with Crippen LogP contribution < -0.4 is 0 Å². The van der Waals surface area contributed by atoms with Gasteiger partial charge >= 0.3 is 0 Å². The molecule has 123 heavy (non-hydrogen) atoms. The first-order valence-electron chi connectivity index (χ1n) is 52.7. The van der Waals surface area contributed by atoms with Crippen LogP contribution >= 0.6 is 0 Å². The molecular formula is C122H204Si. The van der Waals surface area contributed by atoms with E-state index in [1.807, 2.05) is 0 Å². The molecule has 0 heterocycles. The number of benzene rings is 4. The third kappa shape index (κ3) is 18.8. The lowest BCUT2D eigenvalue weighted by molar-refractivity contribution is -0.104. The van der Waals surface area contributed by atoms with Crippen LogP contribution in [-0.2, 0) is 10.8 Å².